The molecule has 10 heteroatoms. The number of ether oxygens (including phenoxy) is 2. The summed E-state index contributed by atoms with van der Waals surface area (Å²) in [5.74, 6) is -0.749. The standard InChI is InChI=1S/C23H20FN3O5S/c1-31-12-13-32-20-11-10-17(14-19(20)24)26-23(28)15-6-8-16(9-7-15)25-22-18-4-2-3-5-21(18)33(29,30)27-22/h2-11,14H,12-13H2,1H3,(H,25,27)(H,26,28). The summed E-state index contributed by atoms with van der Waals surface area (Å²) in [5, 5.41) is 5.60. The van der Waals surface area contributed by atoms with E-state index in [0.717, 1.165) is 0 Å². The molecule has 0 saturated carbocycles. The third-order valence-corrected chi connectivity index (χ3v) is 6.11. The van der Waals surface area contributed by atoms with Gasteiger partial charge in [-0.25, -0.2) is 4.39 Å². The van der Waals surface area contributed by atoms with Crippen LogP contribution in [0.25, 0.3) is 0 Å². The maximum atomic E-state index is 14.2. The predicted octanol–water partition coefficient (Wildman–Crippen LogP) is 3.66. The second-order valence-electron chi connectivity index (χ2n) is 7.05. The van der Waals surface area contributed by atoms with Gasteiger partial charge < -0.3 is 20.1 Å². The maximum absolute atomic E-state index is 14.2. The van der Waals surface area contributed by atoms with Crippen LogP contribution in [0.5, 0.6) is 5.75 Å². The molecule has 8 nitrogen and oxygen atoms in total. The van der Waals surface area contributed by atoms with E-state index in [1.165, 1.54) is 31.4 Å². The van der Waals surface area contributed by atoms with Crippen molar-refractivity contribution in [2.75, 3.05) is 31.0 Å². The van der Waals surface area contributed by atoms with Crippen molar-refractivity contribution in [1.29, 1.82) is 0 Å². The van der Waals surface area contributed by atoms with Crippen molar-refractivity contribution in [3.05, 3.63) is 83.7 Å². The molecule has 1 aliphatic heterocycles. The molecule has 170 valence electrons. The third-order valence-electron chi connectivity index (χ3n) is 4.78. The Bertz CT molecular complexity index is 1320. The Morgan fingerprint density at radius 3 is 2.45 bits per heavy atom. The van der Waals surface area contributed by atoms with Gasteiger partial charge in [0.2, 0.25) is 0 Å². The minimum absolute atomic E-state index is 0.0684. The number of hydrogen-bond donors (Lipinski definition) is 2. The molecule has 4 rings (SSSR count). The zero-order chi connectivity index (χ0) is 23.4. The van der Waals surface area contributed by atoms with Gasteiger partial charge in [-0.15, -0.1) is 4.40 Å². The van der Waals surface area contributed by atoms with Gasteiger partial charge in [0, 0.05) is 35.7 Å². The van der Waals surface area contributed by atoms with Crippen molar-refractivity contribution in [2.45, 2.75) is 4.90 Å². The molecule has 0 atom stereocenters. The van der Waals surface area contributed by atoms with Gasteiger partial charge in [-0.1, -0.05) is 12.1 Å². The fourth-order valence-corrected chi connectivity index (χ4v) is 4.35. The largest absolute Gasteiger partial charge is 0.488 e. The van der Waals surface area contributed by atoms with Crippen molar-refractivity contribution in [3.8, 4) is 5.75 Å². The smallest absolute Gasteiger partial charge is 0.285 e. The fraction of sp³-hybridized carbons (Fsp3) is 0.130. The highest BCUT2D eigenvalue weighted by Gasteiger charge is 2.28. The number of amides is 1. The van der Waals surface area contributed by atoms with Gasteiger partial charge in [0.15, 0.2) is 17.4 Å². The molecule has 0 aliphatic carbocycles. The number of sulfonamides is 1. The topological polar surface area (TPSA) is 106 Å². The second kappa shape index (κ2) is 9.39. The van der Waals surface area contributed by atoms with E-state index < -0.39 is 21.7 Å². The zero-order valence-corrected chi connectivity index (χ0v) is 18.4. The maximum Gasteiger partial charge on any atom is 0.285 e. The summed E-state index contributed by atoms with van der Waals surface area (Å²) in [6, 6.07) is 17.0. The highest BCUT2D eigenvalue weighted by molar-refractivity contribution is 7.90. The summed E-state index contributed by atoms with van der Waals surface area (Å²) in [5.41, 5.74) is 1.65. The van der Waals surface area contributed by atoms with Crippen LogP contribution >= 0.6 is 0 Å². The third kappa shape index (κ3) is 5.02. The van der Waals surface area contributed by atoms with Gasteiger partial charge in [0.1, 0.15) is 11.5 Å². The van der Waals surface area contributed by atoms with Crippen molar-refractivity contribution < 1.29 is 27.1 Å². The summed E-state index contributed by atoms with van der Waals surface area (Å²) in [7, 11) is -2.21. The molecule has 1 aliphatic rings. The molecule has 0 unspecified atom stereocenters. The Balaban J connectivity index is 1.42. The van der Waals surface area contributed by atoms with E-state index in [-0.39, 0.29) is 28.8 Å². The molecule has 0 aromatic heterocycles. The number of hydrogen-bond acceptors (Lipinski definition) is 6. The molecule has 0 saturated heterocycles. The van der Waals surface area contributed by atoms with Crippen molar-refractivity contribution >= 4 is 33.1 Å². The first-order valence-electron chi connectivity index (χ1n) is 9.91. The van der Waals surface area contributed by atoms with Gasteiger partial charge in [-0.05, 0) is 48.5 Å². The highest BCUT2D eigenvalue weighted by Crippen LogP contribution is 2.27. The lowest BCUT2D eigenvalue weighted by molar-refractivity contribution is 0.102. The quantitative estimate of drug-likeness (QED) is 0.512. The van der Waals surface area contributed by atoms with Crippen LogP contribution in [0.4, 0.5) is 15.8 Å². The predicted molar refractivity (Wildman–Crippen MR) is 122 cm³/mol. The van der Waals surface area contributed by atoms with Crippen molar-refractivity contribution in [1.82, 2.24) is 0 Å². The second-order valence-corrected chi connectivity index (χ2v) is 8.63. The van der Waals surface area contributed by atoms with Gasteiger partial charge in [0.25, 0.3) is 15.9 Å². The van der Waals surface area contributed by atoms with E-state index in [1.807, 2.05) is 0 Å². The van der Waals surface area contributed by atoms with Gasteiger partial charge in [-0.3, -0.25) is 4.79 Å². The molecule has 1 heterocycles. The molecule has 1 amide bonds. The van der Waals surface area contributed by atoms with Gasteiger partial charge in [-0.2, -0.15) is 8.42 Å². The summed E-state index contributed by atoms with van der Waals surface area (Å²) in [6.07, 6.45) is 0. The Morgan fingerprint density at radius 2 is 1.73 bits per heavy atom. The number of nitrogens with zero attached hydrogens (tertiary/aromatic N) is 1. The van der Waals surface area contributed by atoms with E-state index in [4.69, 9.17) is 9.47 Å². The number of benzene rings is 3. The molecule has 0 radical (unpaired) electrons. The molecule has 3 aromatic rings. The van der Waals surface area contributed by atoms with E-state index in [2.05, 4.69) is 15.0 Å². The Kier molecular flexibility index (Phi) is 6.38. The van der Waals surface area contributed by atoms with Crippen LogP contribution < -0.4 is 15.4 Å². The first kappa shape index (κ1) is 22.4. The van der Waals surface area contributed by atoms with Crippen LogP contribution in [-0.2, 0) is 14.8 Å². The Labute approximate surface area is 190 Å². The number of nitrogens with one attached hydrogen (secondary N) is 2. The lowest BCUT2D eigenvalue weighted by Crippen LogP contribution is -2.14. The van der Waals surface area contributed by atoms with Crippen molar-refractivity contribution in [2.24, 2.45) is 4.40 Å². The SMILES string of the molecule is COCCOc1ccc(NC(=O)c2ccc(NC3=NS(=O)(=O)c4ccccc43)cc2)cc1F. The zero-order valence-electron chi connectivity index (χ0n) is 17.5. The number of fused-ring (bicyclic) bond motifs is 1. The summed E-state index contributed by atoms with van der Waals surface area (Å²) >= 11 is 0. The lowest BCUT2D eigenvalue weighted by Gasteiger charge is -2.10. The average Bonchev–Trinajstić information content (AvgIpc) is 3.06. The van der Waals surface area contributed by atoms with E-state index in [0.29, 0.717) is 23.4 Å². The summed E-state index contributed by atoms with van der Waals surface area (Å²) in [4.78, 5) is 12.7. The van der Waals surface area contributed by atoms with Crippen LogP contribution in [0, 0.1) is 5.82 Å². The number of amidine groups is 1. The van der Waals surface area contributed by atoms with Crippen LogP contribution in [0.1, 0.15) is 15.9 Å². The normalized spacial score (nSPS) is 13.7. The molecule has 33 heavy (non-hydrogen) atoms. The Hall–Kier alpha value is -3.76. The molecule has 2 N–H and O–H groups in total. The minimum atomic E-state index is -3.73. The molecule has 0 fully saturated rings. The van der Waals surface area contributed by atoms with Crippen LogP contribution in [-0.4, -0.2) is 40.5 Å². The van der Waals surface area contributed by atoms with Gasteiger partial charge >= 0.3 is 0 Å². The monoisotopic (exact) mass is 469 g/mol. The molecular weight excluding hydrogens is 449 g/mol. The fourth-order valence-electron chi connectivity index (χ4n) is 3.17. The van der Waals surface area contributed by atoms with Crippen LogP contribution in [0.3, 0.4) is 0 Å². The van der Waals surface area contributed by atoms with Gasteiger partial charge in [0.05, 0.1) is 6.61 Å². The van der Waals surface area contributed by atoms with Crippen LogP contribution in [0.15, 0.2) is 76.0 Å². The number of rotatable bonds is 7. The van der Waals surface area contributed by atoms with E-state index in [9.17, 15) is 17.6 Å². The number of anilines is 2. The lowest BCUT2D eigenvalue weighted by atomic mass is 10.1. The first-order valence-corrected chi connectivity index (χ1v) is 11.4. The number of carbonyl (C=O) groups is 1. The average molecular weight is 469 g/mol. The highest BCUT2D eigenvalue weighted by atomic mass is 32.2. The van der Waals surface area contributed by atoms with E-state index >= 15 is 0 Å². The molecular formula is C23H20FN3O5S. The Morgan fingerprint density at radius 1 is 1.00 bits per heavy atom. The van der Waals surface area contributed by atoms with Crippen molar-refractivity contribution in [3.63, 3.8) is 0 Å². The number of carbonyl (C=O) groups excluding carboxylic acids is 1. The molecule has 0 bridgehead atoms. The molecule has 3 aromatic carbocycles. The number of halogens is 1. The minimum Gasteiger partial charge on any atom is -0.488 e. The summed E-state index contributed by atoms with van der Waals surface area (Å²) in [6.45, 7) is 0.544. The molecule has 0 spiro atoms. The number of methoxy groups -OCH3 is 1. The van der Waals surface area contributed by atoms with E-state index in [1.54, 1.807) is 42.5 Å². The first-order chi connectivity index (χ1) is 15.9. The summed E-state index contributed by atoms with van der Waals surface area (Å²) < 4.78 is 52.4. The van der Waals surface area contributed by atoms with Crippen LogP contribution in [0.2, 0.25) is 0 Å².